The molecule has 0 radical (unpaired) electrons. The third-order valence-corrected chi connectivity index (χ3v) is 5.23. The average Bonchev–Trinajstić information content (AvgIpc) is 2.65. The van der Waals surface area contributed by atoms with Crippen LogP contribution in [0.2, 0.25) is 0 Å². The molecule has 2 N–H and O–H groups in total. The van der Waals surface area contributed by atoms with Crippen LogP contribution in [0, 0.1) is 0 Å². The van der Waals surface area contributed by atoms with Crippen molar-refractivity contribution >= 4 is 71.3 Å². The number of hydrogen-bond acceptors (Lipinski definition) is 3. The van der Waals surface area contributed by atoms with Gasteiger partial charge in [0.1, 0.15) is 5.75 Å². The molecule has 136 valence electrons. The number of halogens is 3. The highest BCUT2D eigenvalue weighted by Gasteiger charge is 2.07. The minimum Gasteiger partial charge on any atom is -0.506 e. The summed E-state index contributed by atoms with van der Waals surface area (Å²) in [7, 11) is 0. The summed E-state index contributed by atoms with van der Waals surface area (Å²) in [5.41, 5.74) is 2.54. The maximum Gasteiger partial charge on any atom is 0.255 e. The number of phenolic OH excluding ortho intramolecular Hbond substituents is 1. The normalized spacial score (nSPS) is 10.9. The molecule has 7 heteroatoms. The molecular weight excluding hydrogens is 540 g/mol. The summed E-state index contributed by atoms with van der Waals surface area (Å²) in [5.74, 6) is -0.0528. The van der Waals surface area contributed by atoms with Gasteiger partial charge in [-0.2, -0.15) is 0 Å². The first-order valence-electron chi connectivity index (χ1n) is 7.81. The fraction of sp³-hybridized carbons (Fsp3) is 0. The molecule has 0 heterocycles. The molecule has 27 heavy (non-hydrogen) atoms. The number of aliphatic imine (C=N–C) groups is 1. The molecule has 0 bridgehead atoms. The quantitative estimate of drug-likeness (QED) is 0.355. The van der Waals surface area contributed by atoms with Crippen molar-refractivity contribution in [3.8, 4) is 5.75 Å². The number of rotatable bonds is 4. The Hall–Kier alpha value is -1.96. The number of carbonyl (C=O) groups excluding carboxylic acids is 1. The molecule has 3 aromatic rings. The van der Waals surface area contributed by atoms with Gasteiger partial charge in [0.15, 0.2) is 0 Å². The first-order chi connectivity index (χ1) is 12.9. The van der Waals surface area contributed by atoms with Crippen LogP contribution >= 0.6 is 47.8 Å². The van der Waals surface area contributed by atoms with Crippen LogP contribution in [0.4, 0.5) is 11.4 Å². The minimum absolute atomic E-state index is 0.125. The Morgan fingerprint density at radius 3 is 2.26 bits per heavy atom. The summed E-state index contributed by atoms with van der Waals surface area (Å²) in [6.45, 7) is 0. The zero-order valence-electron chi connectivity index (χ0n) is 13.8. The van der Waals surface area contributed by atoms with Crippen molar-refractivity contribution in [2.75, 3.05) is 5.32 Å². The van der Waals surface area contributed by atoms with Crippen molar-refractivity contribution in [1.82, 2.24) is 0 Å². The van der Waals surface area contributed by atoms with E-state index in [0.717, 1.165) is 8.95 Å². The van der Waals surface area contributed by atoms with Crippen molar-refractivity contribution in [2.45, 2.75) is 0 Å². The summed E-state index contributed by atoms with van der Waals surface area (Å²) in [6, 6.07) is 17.8. The van der Waals surface area contributed by atoms with Gasteiger partial charge in [0, 0.05) is 32.0 Å². The monoisotopic (exact) mass is 550 g/mol. The molecule has 0 saturated heterocycles. The number of nitrogens with one attached hydrogen (secondary N) is 1. The second-order valence-electron chi connectivity index (χ2n) is 5.59. The van der Waals surface area contributed by atoms with Crippen molar-refractivity contribution < 1.29 is 9.90 Å². The van der Waals surface area contributed by atoms with Crippen LogP contribution in [0.1, 0.15) is 15.9 Å². The zero-order chi connectivity index (χ0) is 19.4. The largest absolute Gasteiger partial charge is 0.506 e. The summed E-state index contributed by atoms with van der Waals surface area (Å²) in [5, 5.41) is 12.9. The van der Waals surface area contributed by atoms with E-state index in [0.29, 0.717) is 27.0 Å². The standard InChI is InChI=1S/C20H13Br3N2O2/c21-14-3-1-12(2-4-14)20(27)25-17-7-5-16(6-8-17)24-11-13-9-15(22)10-18(23)19(13)26/h1-11,26H,(H,25,27). The summed E-state index contributed by atoms with van der Waals surface area (Å²) in [6.07, 6.45) is 1.58. The fourth-order valence-corrected chi connectivity index (χ4v) is 3.79. The minimum atomic E-state index is -0.178. The molecule has 0 saturated carbocycles. The molecule has 0 aliphatic heterocycles. The average molecular weight is 553 g/mol. The SMILES string of the molecule is O=C(Nc1ccc(N=Cc2cc(Br)cc(Br)c2O)cc1)c1ccc(Br)cc1. The smallest absolute Gasteiger partial charge is 0.255 e. The topological polar surface area (TPSA) is 61.7 Å². The van der Waals surface area contributed by atoms with Crippen LogP contribution in [0.5, 0.6) is 5.75 Å². The molecule has 0 fully saturated rings. The van der Waals surface area contributed by atoms with Crippen molar-refractivity contribution in [2.24, 2.45) is 4.99 Å². The second-order valence-corrected chi connectivity index (χ2v) is 8.28. The van der Waals surface area contributed by atoms with Crippen LogP contribution in [0.25, 0.3) is 0 Å². The second kappa shape index (κ2) is 8.82. The number of aromatic hydroxyl groups is 1. The van der Waals surface area contributed by atoms with Gasteiger partial charge in [-0.25, -0.2) is 0 Å². The molecule has 0 aromatic heterocycles. The third-order valence-electron chi connectivity index (χ3n) is 3.64. The molecule has 1 amide bonds. The van der Waals surface area contributed by atoms with Gasteiger partial charge in [-0.05, 0) is 76.6 Å². The lowest BCUT2D eigenvalue weighted by Gasteiger charge is -2.06. The predicted molar refractivity (Wildman–Crippen MR) is 119 cm³/mol. The lowest BCUT2D eigenvalue weighted by atomic mass is 10.2. The summed E-state index contributed by atoms with van der Waals surface area (Å²) >= 11 is 10.0. The van der Waals surface area contributed by atoms with Crippen LogP contribution in [0.15, 0.2) is 79.1 Å². The fourth-order valence-electron chi connectivity index (χ4n) is 2.26. The molecule has 0 spiro atoms. The zero-order valence-corrected chi connectivity index (χ0v) is 18.5. The van der Waals surface area contributed by atoms with Gasteiger partial charge >= 0.3 is 0 Å². The third kappa shape index (κ3) is 5.28. The lowest BCUT2D eigenvalue weighted by Crippen LogP contribution is -2.11. The Balaban J connectivity index is 1.70. The van der Waals surface area contributed by atoms with Gasteiger partial charge in [-0.1, -0.05) is 31.9 Å². The van der Waals surface area contributed by atoms with Gasteiger partial charge in [-0.3, -0.25) is 9.79 Å². The highest BCUT2D eigenvalue weighted by Crippen LogP contribution is 2.31. The van der Waals surface area contributed by atoms with Crippen LogP contribution in [0.3, 0.4) is 0 Å². The van der Waals surface area contributed by atoms with Crippen LogP contribution < -0.4 is 5.32 Å². The van der Waals surface area contributed by atoms with E-state index in [1.165, 1.54) is 0 Å². The van der Waals surface area contributed by atoms with Gasteiger partial charge < -0.3 is 10.4 Å². The maximum atomic E-state index is 12.2. The van der Waals surface area contributed by atoms with E-state index in [1.807, 2.05) is 12.1 Å². The number of carbonyl (C=O) groups is 1. The van der Waals surface area contributed by atoms with Crippen molar-refractivity contribution in [3.05, 3.63) is 85.2 Å². The maximum absolute atomic E-state index is 12.2. The number of hydrogen-bond donors (Lipinski definition) is 2. The van der Waals surface area contributed by atoms with E-state index in [4.69, 9.17) is 0 Å². The van der Waals surface area contributed by atoms with Gasteiger partial charge in [0.25, 0.3) is 5.91 Å². The molecule has 0 aliphatic carbocycles. The molecule has 0 aliphatic rings. The van der Waals surface area contributed by atoms with E-state index < -0.39 is 0 Å². The molecule has 0 atom stereocenters. The van der Waals surface area contributed by atoms with E-state index in [9.17, 15) is 9.90 Å². The molecule has 3 rings (SSSR count). The Bertz CT molecular complexity index is 1000. The first-order valence-corrected chi connectivity index (χ1v) is 10.2. The van der Waals surface area contributed by atoms with Crippen molar-refractivity contribution in [3.63, 3.8) is 0 Å². The van der Waals surface area contributed by atoms with Gasteiger partial charge in [-0.15, -0.1) is 0 Å². The molecule has 0 unspecified atom stereocenters. The first kappa shape index (κ1) is 19.8. The summed E-state index contributed by atoms with van der Waals surface area (Å²) < 4.78 is 2.34. The Morgan fingerprint density at radius 2 is 1.59 bits per heavy atom. The Kier molecular flexibility index (Phi) is 6.46. The summed E-state index contributed by atoms with van der Waals surface area (Å²) in [4.78, 5) is 16.6. The molecule has 4 nitrogen and oxygen atoms in total. The van der Waals surface area contributed by atoms with Crippen LogP contribution in [-0.2, 0) is 0 Å². The number of benzene rings is 3. The van der Waals surface area contributed by atoms with E-state index >= 15 is 0 Å². The van der Waals surface area contributed by atoms with E-state index in [2.05, 4.69) is 58.1 Å². The Morgan fingerprint density at radius 1 is 0.926 bits per heavy atom. The predicted octanol–water partition coefficient (Wildman–Crippen LogP) is 6.68. The highest BCUT2D eigenvalue weighted by molar-refractivity contribution is 9.11. The molecule has 3 aromatic carbocycles. The Labute approximate surface area is 181 Å². The number of nitrogens with zero attached hydrogens (tertiary/aromatic N) is 1. The number of anilines is 1. The lowest BCUT2D eigenvalue weighted by molar-refractivity contribution is 0.102. The van der Waals surface area contributed by atoms with Crippen molar-refractivity contribution in [1.29, 1.82) is 0 Å². The van der Waals surface area contributed by atoms with E-state index in [1.54, 1.807) is 54.7 Å². The number of amides is 1. The number of phenols is 1. The van der Waals surface area contributed by atoms with Gasteiger partial charge in [0.2, 0.25) is 0 Å². The van der Waals surface area contributed by atoms with Gasteiger partial charge in [0.05, 0.1) is 10.2 Å². The molecular formula is C20H13Br3N2O2. The van der Waals surface area contributed by atoms with E-state index in [-0.39, 0.29) is 11.7 Å². The highest BCUT2D eigenvalue weighted by atomic mass is 79.9. The van der Waals surface area contributed by atoms with Crippen LogP contribution in [-0.4, -0.2) is 17.2 Å².